The molecule has 1 heterocycles. The van der Waals surface area contributed by atoms with Crippen LogP contribution in [0.1, 0.15) is 72.7 Å². The van der Waals surface area contributed by atoms with E-state index in [0.29, 0.717) is 55.5 Å². The second-order valence-electron chi connectivity index (χ2n) is 8.40. The largest absolute Gasteiger partial charge is 0.507 e. The maximum Gasteiger partial charge on any atom is 0.347 e. The first-order chi connectivity index (χ1) is 16.8. The molecule has 0 saturated carbocycles. The van der Waals surface area contributed by atoms with Gasteiger partial charge in [0.15, 0.2) is 17.7 Å². The summed E-state index contributed by atoms with van der Waals surface area (Å²) in [6.45, 7) is 5.81. The van der Waals surface area contributed by atoms with Gasteiger partial charge in [0.1, 0.15) is 23.0 Å². The lowest BCUT2D eigenvalue weighted by molar-refractivity contribution is -0.152. The Morgan fingerprint density at radius 2 is 1.69 bits per heavy atom. The summed E-state index contributed by atoms with van der Waals surface area (Å²) in [5.74, 6) is 0.717. The summed E-state index contributed by atoms with van der Waals surface area (Å²) in [5.41, 5.74) is 1.64. The van der Waals surface area contributed by atoms with Gasteiger partial charge in [0.05, 0.1) is 30.9 Å². The van der Waals surface area contributed by atoms with Crippen LogP contribution in [0, 0.1) is 0 Å². The van der Waals surface area contributed by atoms with Gasteiger partial charge in [0.25, 0.3) is 0 Å². The molecule has 1 aliphatic rings. The highest BCUT2D eigenvalue weighted by Crippen LogP contribution is 2.35. The maximum absolute atomic E-state index is 12.2. The molecule has 8 heteroatoms. The van der Waals surface area contributed by atoms with Gasteiger partial charge >= 0.3 is 5.97 Å². The lowest BCUT2D eigenvalue weighted by Gasteiger charge is -2.26. The summed E-state index contributed by atoms with van der Waals surface area (Å²) in [4.78, 5) is 35.6. The highest BCUT2D eigenvalue weighted by atomic mass is 16.6. The van der Waals surface area contributed by atoms with E-state index in [0.717, 1.165) is 24.8 Å². The molecule has 1 N–H and O–H groups in total. The van der Waals surface area contributed by atoms with Crippen LogP contribution < -0.4 is 14.2 Å². The zero-order valence-electron chi connectivity index (χ0n) is 20.4. The first-order valence-corrected chi connectivity index (χ1v) is 11.9. The van der Waals surface area contributed by atoms with E-state index in [1.807, 2.05) is 0 Å². The monoisotopic (exact) mass is 484 g/mol. The molecular formula is C27H32O8. The Bertz CT molecular complexity index is 1080. The van der Waals surface area contributed by atoms with E-state index in [1.165, 1.54) is 19.9 Å². The van der Waals surface area contributed by atoms with Gasteiger partial charge < -0.3 is 24.1 Å². The molecule has 1 atom stereocenters. The van der Waals surface area contributed by atoms with E-state index < -0.39 is 6.10 Å². The van der Waals surface area contributed by atoms with Crippen molar-refractivity contribution in [3.63, 3.8) is 0 Å². The Morgan fingerprint density at radius 1 is 0.971 bits per heavy atom. The van der Waals surface area contributed by atoms with Crippen molar-refractivity contribution in [2.24, 2.45) is 0 Å². The third-order valence-corrected chi connectivity index (χ3v) is 5.70. The molecule has 2 aromatic carbocycles. The number of phenols is 1. The van der Waals surface area contributed by atoms with Crippen molar-refractivity contribution in [2.75, 3.05) is 19.8 Å². The van der Waals surface area contributed by atoms with Crippen molar-refractivity contribution in [3.05, 3.63) is 47.0 Å². The third-order valence-electron chi connectivity index (χ3n) is 5.70. The average Bonchev–Trinajstić information content (AvgIpc) is 2.82. The van der Waals surface area contributed by atoms with Crippen molar-refractivity contribution < 1.29 is 38.4 Å². The van der Waals surface area contributed by atoms with Crippen molar-refractivity contribution >= 4 is 17.5 Å². The van der Waals surface area contributed by atoms with E-state index >= 15 is 0 Å². The fourth-order valence-electron chi connectivity index (χ4n) is 3.86. The predicted molar refractivity (Wildman–Crippen MR) is 129 cm³/mol. The molecule has 188 valence electrons. The number of esters is 1. The van der Waals surface area contributed by atoms with E-state index in [1.54, 1.807) is 31.2 Å². The minimum Gasteiger partial charge on any atom is -0.507 e. The number of hydrogen-bond acceptors (Lipinski definition) is 8. The molecule has 0 aliphatic carbocycles. The third kappa shape index (κ3) is 6.97. The lowest BCUT2D eigenvalue weighted by Crippen LogP contribution is -2.33. The van der Waals surface area contributed by atoms with Gasteiger partial charge in [-0.25, -0.2) is 4.79 Å². The Balaban J connectivity index is 1.48. The van der Waals surface area contributed by atoms with Crippen LogP contribution in [0.4, 0.5) is 0 Å². The molecule has 0 aromatic heterocycles. The van der Waals surface area contributed by atoms with Crippen molar-refractivity contribution in [2.45, 2.75) is 59.0 Å². The second kappa shape index (κ2) is 12.2. The van der Waals surface area contributed by atoms with E-state index in [-0.39, 0.29) is 28.8 Å². The number of rotatable bonds is 12. The van der Waals surface area contributed by atoms with Gasteiger partial charge in [0, 0.05) is 12.1 Å². The van der Waals surface area contributed by atoms with Gasteiger partial charge in [0.2, 0.25) is 0 Å². The number of ketones is 2. The van der Waals surface area contributed by atoms with Crippen LogP contribution in [-0.4, -0.2) is 48.6 Å². The fraction of sp³-hybridized carbons (Fsp3) is 0.444. The van der Waals surface area contributed by atoms with Gasteiger partial charge in [-0.3, -0.25) is 9.59 Å². The van der Waals surface area contributed by atoms with Crippen LogP contribution in [0.3, 0.4) is 0 Å². The number of benzene rings is 2. The number of aryl methyl sites for hydroxylation is 1. The number of carbonyl (C=O) groups is 3. The number of Topliss-reactive ketones (excluding diaryl/α,β-unsaturated/α-hetero) is 2. The molecule has 0 fully saturated rings. The van der Waals surface area contributed by atoms with Crippen molar-refractivity contribution in [3.8, 4) is 23.0 Å². The SMILES string of the molecule is CCOC(=O)C1CCc2cc(C(C)=O)c(OCCCCCOc3ccc(C(C)=O)c(O)c3)cc2O1. The quantitative estimate of drug-likeness (QED) is 0.263. The molecule has 0 bridgehead atoms. The van der Waals surface area contributed by atoms with Crippen molar-refractivity contribution in [1.82, 2.24) is 0 Å². The predicted octanol–water partition coefficient (Wildman–Crippen LogP) is 4.68. The van der Waals surface area contributed by atoms with E-state index in [9.17, 15) is 19.5 Å². The molecule has 8 nitrogen and oxygen atoms in total. The molecule has 0 amide bonds. The second-order valence-corrected chi connectivity index (χ2v) is 8.40. The molecule has 2 aromatic rings. The summed E-state index contributed by atoms with van der Waals surface area (Å²) >= 11 is 0. The molecule has 0 saturated heterocycles. The average molecular weight is 485 g/mol. The summed E-state index contributed by atoms with van der Waals surface area (Å²) in [7, 11) is 0. The smallest absolute Gasteiger partial charge is 0.347 e. The van der Waals surface area contributed by atoms with Gasteiger partial charge in [-0.1, -0.05) is 0 Å². The van der Waals surface area contributed by atoms with Gasteiger partial charge in [-0.2, -0.15) is 0 Å². The minimum absolute atomic E-state index is 0.0905. The number of fused-ring (bicyclic) bond motifs is 1. The van der Waals surface area contributed by atoms with Crippen LogP contribution in [0.2, 0.25) is 0 Å². The first kappa shape index (κ1) is 26.1. The normalized spacial score (nSPS) is 14.4. The number of ether oxygens (including phenoxy) is 4. The van der Waals surface area contributed by atoms with Gasteiger partial charge in [-0.05, 0) is 76.6 Å². The zero-order chi connectivity index (χ0) is 25.4. The topological polar surface area (TPSA) is 108 Å². The van der Waals surface area contributed by atoms with Crippen molar-refractivity contribution in [1.29, 1.82) is 0 Å². The van der Waals surface area contributed by atoms with Gasteiger partial charge in [-0.15, -0.1) is 0 Å². The number of aromatic hydroxyl groups is 1. The highest BCUT2D eigenvalue weighted by Gasteiger charge is 2.29. The Labute approximate surface area is 205 Å². The standard InChI is InChI=1S/C27H32O8/c1-4-32-27(31)24-11-8-19-14-22(18(3)29)26(16-25(19)35-24)34-13-7-5-6-12-33-20-9-10-21(17(2)28)23(30)15-20/h9-10,14-16,24,30H,4-8,11-13H2,1-3H3. The van der Waals surface area contributed by atoms with E-state index in [4.69, 9.17) is 18.9 Å². The molecule has 1 aliphatic heterocycles. The summed E-state index contributed by atoms with van der Waals surface area (Å²) < 4.78 is 22.4. The van der Waals surface area contributed by atoms with Crippen LogP contribution >= 0.6 is 0 Å². The highest BCUT2D eigenvalue weighted by molar-refractivity contribution is 5.97. The Hall–Kier alpha value is -3.55. The molecule has 0 spiro atoms. The maximum atomic E-state index is 12.2. The van der Waals surface area contributed by atoms with Crippen LogP contribution in [0.25, 0.3) is 0 Å². The summed E-state index contributed by atoms with van der Waals surface area (Å²) in [6, 6.07) is 8.12. The molecule has 3 rings (SSSR count). The number of carbonyl (C=O) groups excluding carboxylic acids is 3. The zero-order valence-corrected chi connectivity index (χ0v) is 20.4. The molecular weight excluding hydrogens is 452 g/mol. The van der Waals surface area contributed by atoms with Crippen LogP contribution in [0.15, 0.2) is 30.3 Å². The van der Waals surface area contributed by atoms with Crippen LogP contribution in [0.5, 0.6) is 23.0 Å². The molecule has 35 heavy (non-hydrogen) atoms. The molecule has 0 radical (unpaired) electrons. The molecule has 1 unspecified atom stereocenters. The Morgan fingerprint density at radius 3 is 2.34 bits per heavy atom. The first-order valence-electron chi connectivity index (χ1n) is 11.9. The van der Waals surface area contributed by atoms with Crippen LogP contribution in [-0.2, 0) is 16.0 Å². The summed E-state index contributed by atoms with van der Waals surface area (Å²) in [6.07, 6.45) is 2.82. The lowest BCUT2D eigenvalue weighted by atomic mass is 9.98. The Kier molecular flexibility index (Phi) is 9.11. The fourth-order valence-corrected chi connectivity index (χ4v) is 3.86. The number of unbranched alkanes of at least 4 members (excludes halogenated alkanes) is 2. The summed E-state index contributed by atoms with van der Waals surface area (Å²) in [5, 5.41) is 9.87. The number of phenolic OH excluding ortho intramolecular Hbond substituents is 1. The minimum atomic E-state index is -0.654. The van der Waals surface area contributed by atoms with E-state index in [2.05, 4.69) is 0 Å². The number of hydrogen-bond donors (Lipinski definition) is 1.